The Morgan fingerprint density at radius 3 is 3.00 bits per heavy atom. The van der Waals surface area contributed by atoms with E-state index in [4.69, 9.17) is 9.47 Å². The van der Waals surface area contributed by atoms with Crippen LogP contribution < -0.4 is 5.32 Å². The van der Waals surface area contributed by atoms with E-state index in [0.29, 0.717) is 19.6 Å². The van der Waals surface area contributed by atoms with Crippen LogP contribution in [-0.2, 0) is 14.3 Å². The van der Waals surface area contributed by atoms with Crippen LogP contribution >= 0.6 is 0 Å². The van der Waals surface area contributed by atoms with E-state index in [1.54, 1.807) is 6.92 Å². The van der Waals surface area contributed by atoms with Crippen molar-refractivity contribution in [2.24, 2.45) is 0 Å². The summed E-state index contributed by atoms with van der Waals surface area (Å²) in [6, 6.07) is 0. The third-order valence-corrected chi connectivity index (χ3v) is 2.26. The molecule has 0 saturated carbocycles. The number of esters is 1. The normalized spacial score (nSPS) is 26.6. The summed E-state index contributed by atoms with van der Waals surface area (Å²) in [6.45, 7) is 4.92. The highest BCUT2D eigenvalue weighted by atomic mass is 16.7. The van der Waals surface area contributed by atoms with E-state index < -0.39 is 17.9 Å². The van der Waals surface area contributed by atoms with Gasteiger partial charge >= 0.3 is 5.97 Å². The van der Waals surface area contributed by atoms with Gasteiger partial charge in [-0.15, -0.1) is 0 Å². The van der Waals surface area contributed by atoms with Gasteiger partial charge in [0.1, 0.15) is 0 Å². The largest absolute Gasteiger partial charge is 0.432 e. The summed E-state index contributed by atoms with van der Waals surface area (Å²) in [5.41, 5.74) is -1.42. The molecule has 82 valence electrons. The van der Waals surface area contributed by atoms with Crippen molar-refractivity contribution in [3.63, 3.8) is 0 Å². The van der Waals surface area contributed by atoms with E-state index >= 15 is 0 Å². The molecule has 2 unspecified atom stereocenters. The van der Waals surface area contributed by atoms with Crippen molar-refractivity contribution in [1.29, 1.82) is 0 Å². The Bertz CT molecular complexity index is 199. The van der Waals surface area contributed by atoms with Crippen LogP contribution in [0, 0.1) is 0 Å². The number of hydrogen-bond donors (Lipinski definition) is 2. The quantitative estimate of drug-likeness (QED) is 0.613. The van der Waals surface area contributed by atoms with Crippen LogP contribution in [0.5, 0.6) is 0 Å². The number of hydrogen-bond acceptors (Lipinski definition) is 5. The zero-order valence-electron chi connectivity index (χ0n) is 8.58. The smallest absolute Gasteiger partial charge is 0.340 e. The molecule has 0 aliphatic carbocycles. The number of nitrogens with one attached hydrogen (secondary N) is 1. The lowest BCUT2D eigenvalue weighted by atomic mass is 10.1. The highest BCUT2D eigenvalue weighted by Crippen LogP contribution is 2.12. The molecule has 1 saturated heterocycles. The first-order chi connectivity index (χ1) is 6.56. The molecule has 0 radical (unpaired) electrons. The van der Waals surface area contributed by atoms with Crippen molar-refractivity contribution < 1.29 is 19.4 Å². The lowest BCUT2D eigenvalue weighted by Crippen LogP contribution is -2.45. The molecule has 0 aromatic carbocycles. The molecule has 0 aromatic heterocycles. The van der Waals surface area contributed by atoms with Crippen molar-refractivity contribution in [3.05, 3.63) is 0 Å². The Morgan fingerprint density at radius 1 is 1.79 bits per heavy atom. The van der Waals surface area contributed by atoms with Gasteiger partial charge in [0.2, 0.25) is 6.29 Å². The summed E-state index contributed by atoms with van der Waals surface area (Å²) < 4.78 is 10.1. The van der Waals surface area contributed by atoms with Crippen molar-refractivity contribution in [2.45, 2.75) is 32.2 Å². The van der Waals surface area contributed by atoms with E-state index in [1.165, 1.54) is 6.92 Å². The standard InChI is InChI=1S/C9H17NO4/c1-3-9(2,12)8(11)14-7-6-10-4-5-13-7/h7,10,12H,3-6H2,1-2H3. The molecule has 0 bridgehead atoms. The van der Waals surface area contributed by atoms with Gasteiger partial charge in [-0.2, -0.15) is 0 Å². The van der Waals surface area contributed by atoms with Crippen LogP contribution in [0.4, 0.5) is 0 Å². The first-order valence-corrected chi connectivity index (χ1v) is 4.82. The number of carbonyl (C=O) groups is 1. The highest BCUT2D eigenvalue weighted by Gasteiger charge is 2.32. The maximum Gasteiger partial charge on any atom is 0.340 e. The average molecular weight is 203 g/mol. The second-order valence-corrected chi connectivity index (χ2v) is 3.54. The molecule has 0 spiro atoms. The van der Waals surface area contributed by atoms with Gasteiger partial charge in [-0.05, 0) is 13.3 Å². The second kappa shape index (κ2) is 4.72. The molecular formula is C9H17NO4. The number of morpholine rings is 1. The summed E-state index contributed by atoms with van der Waals surface area (Å²) in [4.78, 5) is 11.4. The van der Waals surface area contributed by atoms with Gasteiger partial charge in [0.05, 0.1) is 13.2 Å². The first kappa shape index (κ1) is 11.4. The van der Waals surface area contributed by atoms with Crippen LogP contribution in [0.2, 0.25) is 0 Å². The summed E-state index contributed by atoms with van der Waals surface area (Å²) in [5, 5.41) is 12.6. The van der Waals surface area contributed by atoms with E-state index in [1.807, 2.05) is 0 Å². The summed E-state index contributed by atoms with van der Waals surface area (Å²) in [6.07, 6.45) is -0.249. The van der Waals surface area contributed by atoms with Gasteiger partial charge in [-0.1, -0.05) is 6.92 Å². The maximum absolute atomic E-state index is 11.4. The van der Waals surface area contributed by atoms with Crippen molar-refractivity contribution in [3.8, 4) is 0 Å². The Morgan fingerprint density at radius 2 is 2.50 bits per heavy atom. The molecule has 1 aliphatic heterocycles. The molecule has 5 heteroatoms. The fraction of sp³-hybridized carbons (Fsp3) is 0.889. The molecule has 1 rings (SSSR count). The van der Waals surface area contributed by atoms with Gasteiger partial charge in [-0.3, -0.25) is 0 Å². The third-order valence-electron chi connectivity index (χ3n) is 2.26. The average Bonchev–Trinajstić information content (AvgIpc) is 2.19. The van der Waals surface area contributed by atoms with E-state index in [-0.39, 0.29) is 0 Å². The SMILES string of the molecule is CCC(C)(O)C(=O)OC1CNCCO1. The summed E-state index contributed by atoms with van der Waals surface area (Å²) >= 11 is 0. The number of ether oxygens (including phenoxy) is 2. The van der Waals surface area contributed by atoms with Gasteiger partial charge in [0.15, 0.2) is 5.60 Å². The lowest BCUT2D eigenvalue weighted by molar-refractivity contribution is -0.200. The van der Waals surface area contributed by atoms with Crippen molar-refractivity contribution >= 4 is 5.97 Å². The number of carbonyl (C=O) groups excluding carboxylic acids is 1. The predicted octanol–water partition coefficient (Wildman–Crippen LogP) is -0.364. The zero-order valence-corrected chi connectivity index (χ0v) is 8.58. The number of aliphatic hydroxyl groups is 1. The maximum atomic E-state index is 11.4. The molecule has 5 nitrogen and oxygen atoms in total. The summed E-state index contributed by atoms with van der Waals surface area (Å²) in [5.74, 6) is -0.631. The fourth-order valence-electron chi connectivity index (χ4n) is 1.01. The van der Waals surface area contributed by atoms with Gasteiger partial charge in [0.25, 0.3) is 0 Å². The Labute approximate surface area is 83.4 Å². The Balaban J connectivity index is 2.39. The van der Waals surface area contributed by atoms with Gasteiger partial charge in [-0.25, -0.2) is 4.79 Å². The van der Waals surface area contributed by atoms with Crippen LogP contribution in [0.15, 0.2) is 0 Å². The van der Waals surface area contributed by atoms with Crippen LogP contribution in [0.25, 0.3) is 0 Å². The Kier molecular flexibility index (Phi) is 3.86. The van der Waals surface area contributed by atoms with Gasteiger partial charge in [0, 0.05) is 6.54 Å². The molecule has 0 aromatic rings. The minimum atomic E-state index is -1.42. The molecule has 0 amide bonds. The van der Waals surface area contributed by atoms with E-state index in [0.717, 1.165) is 6.54 Å². The van der Waals surface area contributed by atoms with Crippen molar-refractivity contribution in [1.82, 2.24) is 5.32 Å². The second-order valence-electron chi connectivity index (χ2n) is 3.54. The van der Waals surface area contributed by atoms with E-state index in [9.17, 15) is 9.90 Å². The molecule has 1 aliphatic rings. The highest BCUT2D eigenvalue weighted by molar-refractivity contribution is 5.78. The molecule has 2 atom stereocenters. The van der Waals surface area contributed by atoms with Crippen LogP contribution in [-0.4, -0.2) is 42.7 Å². The van der Waals surface area contributed by atoms with Gasteiger partial charge < -0.3 is 19.9 Å². The first-order valence-electron chi connectivity index (χ1n) is 4.82. The molecule has 1 heterocycles. The minimum absolute atomic E-state index is 0.325. The Hall–Kier alpha value is -0.650. The van der Waals surface area contributed by atoms with E-state index in [2.05, 4.69) is 5.32 Å². The molecule has 1 fully saturated rings. The number of rotatable bonds is 3. The molecule has 2 N–H and O–H groups in total. The molecular weight excluding hydrogens is 186 g/mol. The third kappa shape index (κ3) is 2.94. The monoisotopic (exact) mass is 203 g/mol. The minimum Gasteiger partial charge on any atom is -0.432 e. The topological polar surface area (TPSA) is 67.8 Å². The van der Waals surface area contributed by atoms with Crippen LogP contribution in [0.1, 0.15) is 20.3 Å². The van der Waals surface area contributed by atoms with Crippen molar-refractivity contribution in [2.75, 3.05) is 19.7 Å². The fourth-order valence-corrected chi connectivity index (χ4v) is 1.01. The zero-order chi connectivity index (χ0) is 10.6. The lowest BCUT2D eigenvalue weighted by Gasteiger charge is -2.27. The summed E-state index contributed by atoms with van der Waals surface area (Å²) in [7, 11) is 0. The molecule has 14 heavy (non-hydrogen) atoms. The predicted molar refractivity (Wildman–Crippen MR) is 49.6 cm³/mol. The van der Waals surface area contributed by atoms with Crippen LogP contribution in [0.3, 0.4) is 0 Å².